The Hall–Kier alpha value is -1.46. The summed E-state index contributed by atoms with van der Waals surface area (Å²) in [6.07, 6.45) is 5.12. The van der Waals surface area contributed by atoms with Crippen molar-refractivity contribution in [3.63, 3.8) is 0 Å². The van der Waals surface area contributed by atoms with Gasteiger partial charge in [-0.05, 0) is 24.3 Å². The molecule has 2 aromatic heterocycles. The fraction of sp³-hybridized carbons (Fsp3) is 0. The molecular formula is C14H8Br2N2O. The zero-order valence-electron chi connectivity index (χ0n) is 9.65. The molecule has 1 aromatic carbocycles. The number of ketones is 1. The maximum atomic E-state index is 12.6. The molecule has 0 bridgehead atoms. The average molecular weight is 380 g/mol. The SMILES string of the molecule is O=C(c1cc(Br)ccc1Br)c1c[nH]c2ccncc12. The Morgan fingerprint density at radius 1 is 1.16 bits per heavy atom. The van der Waals surface area contributed by atoms with Gasteiger partial charge in [0.05, 0.1) is 0 Å². The van der Waals surface area contributed by atoms with E-state index >= 15 is 0 Å². The van der Waals surface area contributed by atoms with E-state index in [9.17, 15) is 4.79 Å². The molecule has 2 heterocycles. The third-order valence-electron chi connectivity index (χ3n) is 2.90. The summed E-state index contributed by atoms with van der Waals surface area (Å²) in [4.78, 5) is 19.7. The second kappa shape index (κ2) is 4.90. The van der Waals surface area contributed by atoms with Gasteiger partial charge in [0, 0.05) is 49.6 Å². The minimum absolute atomic E-state index is 0.0348. The van der Waals surface area contributed by atoms with Crippen molar-refractivity contribution in [2.75, 3.05) is 0 Å². The summed E-state index contributed by atoms with van der Waals surface area (Å²) in [5.74, 6) is -0.0348. The number of nitrogens with zero attached hydrogens (tertiary/aromatic N) is 1. The molecule has 0 unspecified atom stereocenters. The molecule has 5 heteroatoms. The van der Waals surface area contributed by atoms with Gasteiger partial charge in [0.1, 0.15) is 0 Å². The van der Waals surface area contributed by atoms with Crippen LogP contribution in [0, 0.1) is 0 Å². The fourth-order valence-electron chi connectivity index (χ4n) is 1.97. The van der Waals surface area contributed by atoms with Crippen molar-refractivity contribution in [3.05, 3.63) is 62.9 Å². The predicted octanol–water partition coefficient (Wildman–Crippen LogP) is 4.32. The first kappa shape index (κ1) is 12.6. The van der Waals surface area contributed by atoms with E-state index in [0.717, 1.165) is 19.8 Å². The molecule has 0 radical (unpaired) electrons. The van der Waals surface area contributed by atoms with Crippen molar-refractivity contribution < 1.29 is 4.79 Å². The fourth-order valence-corrected chi connectivity index (χ4v) is 2.75. The highest BCUT2D eigenvalue weighted by Crippen LogP contribution is 2.26. The van der Waals surface area contributed by atoms with Crippen LogP contribution in [0.2, 0.25) is 0 Å². The lowest BCUT2D eigenvalue weighted by Crippen LogP contribution is -2.01. The van der Waals surface area contributed by atoms with Crippen LogP contribution in [0.4, 0.5) is 0 Å². The molecule has 0 aliphatic carbocycles. The number of benzene rings is 1. The van der Waals surface area contributed by atoms with Crippen molar-refractivity contribution in [2.45, 2.75) is 0 Å². The molecular weight excluding hydrogens is 372 g/mol. The average Bonchev–Trinajstić information content (AvgIpc) is 2.84. The Kier molecular flexibility index (Phi) is 3.24. The van der Waals surface area contributed by atoms with Crippen molar-refractivity contribution in [2.24, 2.45) is 0 Å². The second-order valence-electron chi connectivity index (χ2n) is 4.08. The summed E-state index contributed by atoms with van der Waals surface area (Å²) in [5.41, 5.74) is 2.16. The van der Waals surface area contributed by atoms with Crippen LogP contribution in [0.3, 0.4) is 0 Å². The van der Waals surface area contributed by atoms with Gasteiger partial charge in [0.25, 0.3) is 0 Å². The number of aromatic amines is 1. The summed E-state index contributed by atoms with van der Waals surface area (Å²) < 4.78 is 1.65. The van der Waals surface area contributed by atoms with E-state index in [4.69, 9.17) is 0 Å². The molecule has 0 saturated carbocycles. The number of fused-ring (bicyclic) bond motifs is 1. The number of hydrogen-bond donors (Lipinski definition) is 1. The number of hydrogen-bond acceptors (Lipinski definition) is 2. The van der Waals surface area contributed by atoms with Gasteiger partial charge < -0.3 is 4.98 Å². The van der Waals surface area contributed by atoms with Crippen LogP contribution in [0.5, 0.6) is 0 Å². The second-order valence-corrected chi connectivity index (χ2v) is 5.85. The monoisotopic (exact) mass is 378 g/mol. The molecule has 0 saturated heterocycles. The molecule has 0 amide bonds. The molecule has 0 spiro atoms. The van der Waals surface area contributed by atoms with E-state index in [1.165, 1.54) is 0 Å². The van der Waals surface area contributed by atoms with Gasteiger partial charge in [-0.25, -0.2) is 0 Å². The van der Waals surface area contributed by atoms with Crippen LogP contribution < -0.4 is 0 Å². The number of rotatable bonds is 2. The number of pyridine rings is 1. The first-order valence-electron chi connectivity index (χ1n) is 5.57. The van der Waals surface area contributed by atoms with Crippen molar-refractivity contribution in [1.82, 2.24) is 9.97 Å². The molecule has 3 aromatic rings. The van der Waals surface area contributed by atoms with Crippen LogP contribution in [0.15, 0.2) is 51.8 Å². The molecule has 3 nitrogen and oxygen atoms in total. The van der Waals surface area contributed by atoms with E-state index in [2.05, 4.69) is 41.8 Å². The molecule has 0 atom stereocenters. The van der Waals surface area contributed by atoms with E-state index in [1.807, 2.05) is 24.3 Å². The molecule has 94 valence electrons. The number of H-pyrrole nitrogens is 1. The van der Waals surface area contributed by atoms with E-state index in [0.29, 0.717) is 11.1 Å². The first-order valence-corrected chi connectivity index (χ1v) is 7.16. The maximum absolute atomic E-state index is 12.6. The predicted molar refractivity (Wildman–Crippen MR) is 81.4 cm³/mol. The summed E-state index contributed by atoms with van der Waals surface area (Å²) in [5, 5.41) is 0.833. The van der Waals surface area contributed by atoms with Crippen molar-refractivity contribution in [3.8, 4) is 0 Å². The molecule has 0 aliphatic heterocycles. The lowest BCUT2D eigenvalue weighted by atomic mass is 10.0. The van der Waals surface area contributed by atoms with Crippen molar-refractivity contribution >= 4 is 48.5 Å². The largest absolute Gasteiger partial charge is 0.360 e. The first-order chi connectivity index (χ1) is 9.16. The van der Waals surface area contributed by atoms with Crippen LogP contribution in [-0.4, -0.2) is 15.8 Å². The van der Waals surface area contributed by atoms with Gasteiger partial charge in [0.2, 0.25) is 0 Å². The van der Waals surface area contributed by atoms with Crippen molar-refractivity contribution in [1.29, 1.82) is 0 Å². The highest BCUT2D eigenvalue weighted by Gasteiger charge is 2.17. The molecule has 0 aliphatic rings. The van der Waals surface area contributed by atoms with Gasteiger partial charge in [-0.3, -0.25) is 9.78 Å². The van der Waals surface area contributed by atoms with E-state index in [-0.39, 0.29) is 5.78 Å². The molecule has 0 fully saturated rings. The lowest BCUT2D eigenvalue weighted by molar-refractivity contribution is 0.103. The minimum atomic E-state index is -0.0348. The third-order valence-corrected chi connectivity index (χ3v) is 4.09. The Morgan fingerprint density at radius 2 is 2.00 bits per heavy atom. The Morgan fingerprint density at radius 3 is 2.84 bits per heavy atom. The lowest BCUT2D eigenvalue weighted by Gasteiger charge is -2.03. The third kappa shape index (κ3) is 2.24. The number of carbonyl (C=O) groups excluding carboxylic acids is 1. The highest BCUT2D eigenvalue weighted by molar-refractivity contribution is 9.11. The summed E-state index contributed by atoms with van der Waals surface area (Å²) in [6.45, 7) is 0. The number of nitrogens with one attached hydrogen (secondary N) is 1. The van der Waals surface area contributed by atoms with Crippen LogP contribution in [0.25, 0.3) is 10.9 Å². The normalized spacial score (nSPS) is 10.8. The molecule has 3 rings (SSSR count). The molecule has 19 heavy (non-hydrogen) atoms. The van der Waals surface area contributed by atoms with Crippen LogP contribution >= 0.6 is 31.9 Å². The van der Waals surface area contributed by atoms with Gasteiger partial charge in [-0.1, -0.05) is 31.9 Å². The Labute approximate surface area is 126 Å². The number of carbonyl (C=O) groups is 1. The van der Waals surface area contributed by atoms with Gasteiger partial charge in [-0.15, -0.1) is 0 Å². The van der Waals surface area contributed by atoms with Crippen LogP contribution in [-0.2, 0) is 0 Å². The summed E-state index contributed by atoms with van der Waals surface area (Å²) >= 11 is 6.80. The molecule has 1 N–H and O–H groups in total. The quantitative estimate of drug-likeness (QED) is 0.674. The Bertz CT molecular complexity index is 780. The smallest absolute Gasteiger partial charge is 0.196 e. The minimum Gasteiger partial charge on any atom is -0.360 e. The number of halogens is 2. The van der Waals surface area contributed by atoms with Crippen LogP contribution in [0.1, 0.15) is 15.9 Å². The summed E-state index contributed by atoms with van der Waals surface area (Å²) in [6, 6.07) is 7.39. The topological polar surface area (TPSA) is 45.8 Å². The maximum Gasteiger partial charge on any atom is 0.196 e. The van der Waals surface area contributed by atoms with Gasteiger partial charge >= 0.3 is 0 Å². The zero-order chi connectivity index (χ0) is 13.4. The zero-order valence-corrected chi connectivity index (χ0v) is 12.8. The standard InChI is InChI=1S/C14H8Br2N2O/c15-8-1-2-12(16)9(5-8)14(19)11-7-18-13-3-4-17-6-10(11)13/h1-7,18H. The Balaban J connectivity index is 2.16. The summed E-state index contributed by atoms with van der Waals surface area (Å²) in [7, 11) is 0. The highest BCUT2D eigenvalue weighted by atomic mass is 79.9. The number of aromatic nitrogens is 2. The van der Waals surface area contributed by atoms with Gasteiger partial charge in [-0.2, -0.15) is 0 Å². The van der Waals surface area contributed by atoms with E-state index in [1.54, 1.807) is 18.6 Å². The van der Waals surface area contributed by atoms with E-state index < -0.39 is 0 Å². The van der Waals surface area contributed by atoms with Gasteiger partial charge in [0.15, 0.2) is 5.78 Å².